The predicted molar refractivity (Wildman–Crippen MR) is 82.9 cm³/mol. The maximum absolute atomic E-state index is 11.8. The smallest absolute Gasteiger partial charge is 0.271 e. The van der Waals surface area contributed by atoms with E-state index >= 15 is 0 Å². The summed E-state index contributed by atoms with van der Waals surface area (Å²) in [5.74, 6) is -0.295. The molecule has 0 atom stereocenters. The molecule has 0 heterocycles. The van der Waals surface area contributed by atoms with Crippen LogP contribution < -0.4 is 5.32 Å². The first kappa shape index (κ1) is 15.1. The number of hydrogen-bond acceptors (Lipinski definition) is 3. The average Bonchev–Trinajstić information content (AvgIpc) is 2.40. The highest BCUT2D eigenvalue weighted by Crippen LogP contribution is 2.17. The summed E-state index contributed by atoms with van der Waals surface area (Å²) < 4.78 is 0. The quantitative estimate of drug-likeness (QED) is 0.511. The molecule has 2 aromatic rings. The lowest BCUT2D eigenvalue weighted by atomic mass is 10.2. The van der Waals surface area contributed by atoms with Crippen molar-refractivity contribution in [2.75, 3.05) is 5.32 Å². The van der Waals surface area contributed by atoms with Crippen LogP contribution >= 0.6 is 24.0 Å². The largest absolute Gasteiger partial charge is 0.322 e. The van der Waals surface area contributed by atoms with Crippen molar-refractivity contribution < 1.29 is 9.72 Å². The molecule has 0 saturated carbocycles. The van der Waals surface area contributed by atoms with Gasteiger partial charge in [-0.25, -0.2) is 0 Å². The molecule has 0 unspecified atom stereocenters. The Morgan fingerprint density at radius 2 is 1.74 bits per heavy atom. The Bertz CT molecular complexity index is 587. The van der Waals surface area contributed by atoms with Crippen LogP contribution in [0.2, 0.25) is 0 Å². The Morgan fingerprint density at radius 3 is 2.37 bits per heavy atom. The molecule has 0 saturated heterocycles. The summed E-state index contributed by atoms with van der Waals surface area (Å²) in [6, 6.07) is 14.5. The average molecular weight is 370 g/mol. The molecule has 19 heavy (non-hydrogen) atoms. The first-order valence-corrected chi connectivity index (χ1v) is 5.27. The number of nitro groups is 1. The van der Waals surface area contributed by atoms with Gasteiger partial charge < -0.3 is 5.32 Å². The van der Waals surface area contributed by atoms with Crippen LogP contribution in [-0.2, 0) is 0 Å². The lowest BCUT2D eigenvalue weighted by molar-refractivity contribution is -0.384. The van der Waals surface area contributed by atoms with E-state index in [0.29, 0.717) is 11.3 Å². The fourth-order valence-electron chi connectivity index (χ4n) is 1.49. The molecular formula is C13H11IN2O3. The summed E-state index contributed by atoms with van der Waals surface area (Å²) in [6.07, 6.45) is 0. The normalized spacial score (nSPS) is 9.26. The van der Waals surface area contributed by atoms with Crippen molar-refractivity contribution in [3.63, 3.8) is 0 Å². The van der Waals surface area contributed by atoms with Crippen molar-refractivity contribution in [1.29, 1.82) is 0 Å². The van der Waals surface area contributed by atoms with Gasteiger partial charge in [-0.1, -0.05) is 24.3 Å². The van der Waals surface area contributed by atoms with E-state index in [1.807, 2.05) is 6.07 Å². The summed E-state index contributed by atoms with van der Waals surface area (Å²) >= 11 is 0. The van der Waals surface area contributed by atoms with Crippen molar-refractivity contribution in [3.8, 4) is 0 Å². The van der Waals surface area contributed by atoms with E-state index in [1.165, 1.54) is 18.2 Å². The Labute approximate surface area is 126 Å². The Morgan fingerprint density at radius 1 is 1.05 bits per heavy atom. The second-order valence-electron chi connectivity index (χ2n) is 3.63. The first-order chi connectivity index (χ1) is 8.66. The van der Waals surface area contributed by atoms with Gasteiger partial charge in [0.2, 0.25) is 0 Å². The maximum atomic E-state index is 11.8. The minimum Gasteiger partial charge on any atom is -0.322 e. The molecule has 0 aliphatic rings. The fourth-order valence-corrected chi connectivity index (χ4v) is 1.49. The van der Waals surface area contributed by atoms with E-state index in [4.69, 9.17) is 0 Å². The number of carbonyl (C=O) groups is 1. The number of non-ortho nitro benzene ring substituents is 1. The molecule has 0 fully saturated rings. The number of nitrogens with zero attached hydrogens (tertiary/aromatic N) is 1. The molecule has 1 amide bonds. The van der Waals surface area contributed by atoms with Crippen LogP contribution in [0.1, 0.15) is 10.4 Å². The minimum atomic E-state index is -0.502. The monoisotopic (exact) mass is 370 g/mol. The van der Waals surface area contributed by atoms with Crippen molar-refractivity contribution in [3.05, 3.63) is 70.3 Å². The third-order valence-corrected chi connectivity index (χ3v) is 2.35. The summed E-state index contributed by atoms with van der Waals surface area (Å²) in [5.41, 5.74) is 0.850. The Kier molecular flexibility index (Phi) is 5.43. The van der Waals surface area contributed by atoms with Gasteiger partial charge in [-0.3, -0.25) is 14.9 Å². The van der Waals surface area contributed by atoms with Crippen molar-refractivity contribution >= 4 is 41.3 Å². The van der Waals surface area contributed by atoms with Crippen LogP contribution in [0, 0.1) is 10.1 Å². The Balaban J connectivity index is 0.00000180. The molecule has 6 heteroatoms. The Hall–Kier alpha value is -1.96. The molecule has 0 aromatic heterocycles. The van der Waals surface area contributed by atoms with Gasteiger partial charge in [-0.15, -0.1) is 24.0 Å². The summed E-state index contributed by atoms with van der Waals surface area (Å²) in [4.78, 5) is 21.9. The van der Waals surface area contributed by atoms with Gasteiger partial charge in [0.25, 0.3) is 11.6 Å². The van der Waals surface area contributed by atoms with Crippen LogP contribution in [0.15, 0.2) is 54.6 Å². The van der Waals surface area contributed by atoms with Crippen LogP contribution in [-0.4, -0.2) is 10.8 Å². The predicted octanol–water partition coefficient (Wildman–Crippen LogP) is 3.47. The number of benzene rings is 2. The van der Waals surface area contributed by atoms with Crippen LogP contribution in [0.3, 0.4) is 0 Å². The van der Waals surface area contributed by atoms with E-state index in [9.17, 15) is 14.9 Å². The summed E-state index contributed by atoms with van der Waals surface area (Å²) in [7, 11) is 0. The molecule has 2 aromatic carbocycles. The van der Waals surface area contributed by atoms with Gasteiger partial charge in [0.05, 0.1) is 4.92 Å². The number of nitrogens with one attached hydrogen (secondary N) is 1. The second kappa shape index (κ2) is 6.83. The van der Waals surface area contributed by atoms with Gasteiger partial charge in [-0.2, -0.15) is 0 Å². The zero-order valence-electron chi connectivity index (χ0n) is 9.78. The molecule has 0 bridgehead atoms. The number of anilines is 1. The summed E-state index contributed by atoms with van der Waals surface area (Å²) in [5, 5.41) is 13.2. The highest BCUT2D eigenvalue weighted by molar-refractivity contribution is 14.0. The molecule has 5 nitrogen and oxygen atoms in total. The standard InChI is InChI=1S/C13H10N2O3.HI/c16-13(10-5-2-1-3-6-10)14-11-7-4-8-12(9-11)15(17)18;/h1-9H,(H,14,16);1H. The van der Waals surface area contributed by atoms with E-state index in [1.54, 1.807) is 30.3 Å². The highest BCUT2D eigenvalue weighted by atomic mass is 127. The SMILES string of the molecule is I.O=C(Nc1cccc([N+](=O)[O-])c1)c1ccccc1. The number of carbonyl (C=O) groups excluding carboxylic acids is 1. The van der Waals surface area contributed by atoms with E-state index < -0.39 is 4.92 Å². The fraction of sp³-hybridized carbons (Fsp3) is 0. The minimum absolute atomic E-state index is 0. The van der Waals surface area contributed by atoms with E-state index in [2.05, 4.69) is 5.32 Å². The number of nitro benzene ring substituents is 1. The van der Waals surface area contributed by atoms with Gasteiger partial charge in [0.1, 0.15) is 0 Å². The number of rotatable bonds is 3. The van der Waals surface area contributed by atoms with Gasteiger partial charge >= 0.3 is 0 Å². The van der Waals surface area contributed by atoms with Crippen LogP contribution in [0.5, 0.6) is 0 Å². The number of amides is 1. The maximum Gasteiger partial charge on any atom is 0.271 e. The lowest BCUT2D eigenvalue weighted by Crippen LogP contribution is -2.11. The topological polar surface area (TPSA) is 72.2 Å². The molecule has 0 aliphatic carbocycles. The van der Waals surface area contributed by atoms with Crippen molar-refractivity contribution in [2.24, 2.45) is 0 Å². The third kappa shape index (κ3) is 4.02. The highest BCUT2D eigenvalue weighted by Gasteiger charge is 2.09. The van der Waals surface area contributed by atoms with Crippen molar-refractivity contribution in [2.45, 2.75) is 0 Å². The van der Waals surface area contributed by atoms with Gasteiger partial charge in [0, 0.05) is 23.4 Å². The molecule has 0 aliphatic heterocycles. The molecule has 98 valence electrons. The van der Waals surface area contributed by atoms with E-state index in [-0.39, 0.29) is 35.6 Å². The second-order valence-corrected chi connectivity index (χ2v) is 3.63. The van der Waals surface area contributed by atoms with Crippen molar-refractivity contribution in [1.82, 2.24) is 0 Å². The molecule has 0 radical (unpaired) electrons. The first-order valence-electron chi connectivity index (χ1n) is 5.27. The third-order valence-electron chi connectivity index (χ3n) is 2.35. The van der Waals surface area contributed by atoms with Crippen LogP contribution in [0.4, 0.5) is 11.4 Å². The summed E-state index contributed by atoms with van der Waals surface area (Å²) in [6.45, 7) is 0. The number of hydrogen-bond donors (Lipinski definition) is 1. The zero-order chi connectivity index (χ0) is 13.0. The molecule has 1 N–H and O–H groups in total. The van der Waals surface area contributed by atoms with Gasteiger partial charge in [0.15, 0.2) is 0 Å². The molecular weight excluding hydrogens is 359 g/mol. The molecule has 2 rings (SSSR count). The zero-order valence-corrected chi connectivity index (χ0v) is 12.1. The van der Waals surface area contributed by atoms with Gasteiger partial charge in [-0.05, 0) is 18.2 Å². The van der Waals surface area contributed by atoms with E-state index in [0.717, 1.165) is 0 Å². The number of halogens is 1. The molecule has 0 spiro atoms. The van der Waals surface area contributed by atoms with Crippen LogP contribution in [0.25, 0.3) is 0 Å². The lowest BCUT2D eigenvalue weighted by Gasteiger charge is -2.04.